The summed E-state index contributed by atoms with van der Waals surface area (Å²) >= 11 is 6.24. The summed E-state index contributed by atoms with van der Waals surface area (Å²) in [6, 6.07) is 9.63. The van der Waals surface area contributed by atoms with Crippen LogP contribution in [-0.4, -0.2) is 43.5 Å². The van der Waals surface area contributed by atoms with Crippen LogP contribution in [0, 0.1) is 6.92 Å². The highest BCUT2D eigenvalue weighted by atomic mass is 35.5. The summed E-state index contributed by atoms with van der Waals surface area (Å²) in [6.07, 6.45) is 1.42. The summed E-state index contributed by atoms with van der Waals surface area (Å²) in [5, 5.41) is 5.43. The highest BCUT2D eigenvalue weighted by Crippen LogP contribution is 2.34. The Morgan fingerprint density at radius 2 is 1.87 bits per heavy atom. The van der Waals surface area contributed by atoms with Gasteiger partial charge in [0.2, 0.25) is 5.91 Å². The van der Waals surface area contributed by atoms with E-state index in [0.717, 1.165) is 10.5 Å². The Morgan fingerprint density at radius 3 is 2.53 bits per heavy atom. The molecule has 0 bridgehead atoms. The maximum absolute atomic E-state index is 12.6. The first-order chi connectivity index (χ1) is 14.3. The quantitative estimate of drug-likeness (QED) is 0.543. The summed E-state index contributed by atoms with van der Waals surface area (Å²) in [4.78, 5) is 38.0. The average Bonchev–Trinajstić information content (AvgIpc) is 2.96. The second-order valence-electron chi connectivity index (χ2n) is 6.53. The number of imide groups is 1. The van der Waals surface area contributed by atoms with Gasteiger partial charge in [-0.1, -0.05) is 23.7 Å². The molecule has 8 nitrogen and oxygen atoms in total. The Morgan fingerprint density at radius 1 is 1.17 bits per heavy atom. The molecule has 0 aliphatic carbocycles. The first-order valence-corrected chi connectivity index (χ1v) is 9.32. The summed E-state index contributed by atoms with van der Waals surface area (Å²) in [7, 11) is 2.95. The molecule has 3 rings (SSSR count). The van der Waals surface area contributed by atoms with Crippen molar-refractivity contribution in [1.82, 2.24) is 10.2 Å². The van der Waals surface area contributed by atoms with Gasteiger partial charge in [-0.15, -0.1) is 0 Å². The number of halogens is 1. The first kappa shape index (κ1) is 21.2. The minimum absolute atomic E-state index is 0.00234. The van der Waals surface area contributed by atoms with Crippen LogP contribution >= 0.6 is 11.6 Å². The molecule has 0 spiro atoms. The number of urea groups is 1. The van der Waals surface area contributed by atoms with Crippen LogP contribution in [0.1, 0.15) is 11.1 Å². The van der Waals surface area contributed by atoms with Crippen molar-refractivity contribution in [3.05, 3.63) is 58.2 Å². The van der Waals surface area contributed by atoms with Gasteiger partial charge in [-0.2, -0.15) is 0 Å². The Kier molecular flexibility index (Phi) is 6.27. The van der Waals surface area contributed by atoms with Crippen LogP contribution in [-0.2, 0) is 9.59 Å². The van der Waals surface area contributed by atoms with E-state index in [1.165, 1.54) is 20.3 Å². The van der Waals surface area contributed by atoms with E-state index in [0.29, 0.717) is 27.8 Å². The molecular weight excluding hydrogens is 410 g/mol. The topological polar surface area (TPSA) is 97.0 Å². The normalized spacial score (nSPS) is 14.7. The molecule has 4 amide bonds. The van der Waals surface area contributed by atoms with Gasteiger partial charge in [0.25, 0.3) is 5.91 Å². The van der Waals surface area contributed by atoms with E-state index in [1.807, 2.05) is 13.0 Å². The van der Waals surface area contributed by atoms with Gasteiger partial charge in [-0.05, 0) is 42.3 Å². The van der Waals surface area contributed by atoms with E-state index in [1.54, 1.807) is 30.3 Å². The van der Waals surface area contributed by atoms with Crippen LogP contribution in [0.25, 0.3) is 6.08 Å². The third-order valence-corrected chi connectivity index (χ3v) is 4.70. The van der Waals surface area contributed by atoms with Crippen molar-refractivity contribution >= 4 is 41.2 Å². The molecule has 156 valence electrons. The van der Waals surface area contributed by atoms with E-state index in [9.17, 15) is 14.4 Å². The molecule has 0 atom stereocenters. The van der Waals surface area contributed by atoms with E-state index in [-0.39, 0.29) is 5.70 Å². The molecule has 2 aromatic carbocycles. The number of benzene rings is 2. The lowest BCUT2D eigenvalue weighted by Crippen LogP contribution is -2.38. The number of ether oxygens (including phenoxy) is 2. The molecule has 1 aliphatic rings. The third-order valence-electron chi connectivity index (χ3n) is 4.37. The summed E-state index contributed by atoms with van der Waals surface area (Å²) in [5.74, 6) is -0.277. The number of carbonyl (C=O) groups is 3. The molecule has 2 aromatic rings. The molecule has 1 fully saturated rings. The third kappa shape index (κ3) is 4.55. The van der Waals surface area contributed by atoms with Gasteiger partial charge in [-0.25, -0.2) is 9.69 Å². The van der Waals surface area contributed by atoms with Gasteiger partial charge in [0.15, 0.2) is 11.5 Å². The summed E-state index contributed by atoms with van der Waals surface area (Å²) in [6.45, 7) is 1.47. The molecule has 0 saturated carbocycles. The summed E-state index contributed by atoms with van der Waals surface area (Å²) in [5.41, 5.74) is 2.00. The van der Waals surface area contributed by atoms with Gasteiger partial charge in [0.1, 0.15) is 12.2 Å². The molecule has 30 heavy (non-hydrogen) atoms. The Labute approximate surface area is 178 Å². The number of hydrogen-bond acceptors (Lipinski definition) is 5. The van der Waals surface area contributed by atoms with Crippen molar-refractivity contribution in [2.24, 2.45) is 0 Å². The van der Waals surface area contributed by atoms with Crippen molar-refractivity contribution in [2.45, 2.75) is 6.92 Å². The molecule has 1 saturated heterocycles. The number of hydrogen-bond donors (Lipinski definition) is 2. The first-order valence-electron chi connectivity index (χ1n) is 8.95. The predicted molar refractivity (Wildman–Crippen MR) is 113 cm³/mol. The number of amides is 4. The molecule has 0 aromatic heterocycles. The minimum atomic E-state index is -0.692. The number of anilines is 1. The number of aryl methyl sites for hydroxylation is 1. The van der Waals surface area contributed by atoms with Crippen LogP contribution < -0.4 is 20.1 Å². The largest absolute Gasteiger partial charge is 0.493 e. The SMILES string of the molecule is COc1cc(Cl)c(C=C2NC(=O)N(CC(=O)Nc3cccc(C)c3)C2=O)cc1OC. The smallest absolute Gasteiger partial charge is 0.329 e. The van der Waals surface area contributed by atoms with Crippen molar-refractivity contribution in [3.63, 3.8) is 0 Å². The van der Waals surface area contributed by atoms with Crippen LogP contribution in [0.3, 0.4) is 0 Å². The minimum Gasteiger partial charge on any atom is -0.493 e. The second-order valence-corrected chi connectivity index (χ2v) is 6.93. The number of methoxy groups -OCH3 is 2. The standard InChI is InChI=1S/C21H20ClN3O5/c1-12-5-4-6-14(7-12)23-19(26)11-25-20(27)16(24-21(25)28)8-13-9-17(29-2)18(30-3)10-15(13)22/h4-10H,11H2,1-3H3,(H,23,26)(H,24,28). The van der Waals surface area contributed by atoms with Gasteiger partial charge >= 0.3 is 6.03 Å². The summed E-state index contributed by atoms with van der Waals surface area (Å²) < 4.78 is 10.4. The van der Waals surface area contributed by atoms with Gasteiger partial charge in [0.05, 0.1) is 19.2 Å². The highest BCUT2D eigenvalue weighted by molar-refractivity contribution is 6.32. The van der Waals surface area contributed by atoms with Gasteiger partial charge < -0.3 is 20.1 Å². The molecular formula is C21H20ClN3O5. The fourth-order valence-corrected chi connectivity index (χ4v) is 3.13. The predicted octanol–water partition coefficient (Wildman–Crippen LogP) is 3.20. The molecule has 0 unspecified atom stereocenters. The van der Waals surface area contributed by atoms with Crippen LogP contribution in [0.5, 0.6) is 11.5 Å². The number of nitrogens with one attached hydrogen (secondary N) is 2. The van der Waals surface area contributed by atoms with Crippen molar-refractivity contribution < 1.29 is 23.9 Å². The number of carbonyl (C=O) groups excluding carboxylic acids is 3. The molecule has 1 heterocycles. The lowest BCUT2D eigenvalue weighted by molar-refractivity contribution is -0.127. The van der Waals surface area contributed by atoms with Crippen molar-refractivity contribution in [1.29, 1.82) is 0 Å². The average molecular weight is 430 g/mol. The Balaban J connectivity index is 1.77. The molecule has 1 aliphatic heterocycles. The maximum atomic E-state index is 12.6. The van der Waals surface area contributed by atoms with Crippen molar-refractivity contribution in [3.8, 4) is 11.5 Å². The molecule has 0 radical (unpaired) electrons. The van der Waals surface area contributed by atoms with E-state index in [4.69, 9.17) is 21.1 Å². The second kappa shape index (κ2) is 8.87. The number of nitrogens with zero attached hydrogens (tertiary/aromatic N) is 1. The lowest BCUT2D eigenvalue weighted by atomic mass is 10.1. The fraction of sp³-hybridized carbons (Fsp3) is 0.190. The van der Waals surface area contributed by atoms with Crippen LogP contribution in [0.15, 0.2) is 42.1 Å². The Hall–Kier alpha value is -3.52. The van der Waals surface area contributed by atoms with E-state index < -0.39 is 24.4 Å². The molecule has 2 N–H and O–H groups in total. The zero-order chi connectivity index (χ0) is 21.8. The fourth-order valence-electron chi connectivity index (χ4n) is 2.92. The highest BCUT2D eigenvalue weighted by Gasteiger charge is 2.35. The number of rotatable bonds is 6. The monoisotopic (exact) mass is 429 g/mol. The van der Waals surface area contributed by atoms with Gasteiger partial charge in [-0.3, -0.25) is 9.59 Å². The van der Waals surface area contributed by atoms with Crippen LogP contribution in [0.2, 0.25) is 5.02 Å². The van der Waals surface area contributed by atoms with E-state index >= 15 is 0 Å². The maximum Gasteiger partial charge on any atom is 0.329 e. The Bertz CT molecular complexity index is 1050. The zero-order valence-corrected chi connectivity index (χ0v) is 17.4. The van der Waals surface area contributed by atoms with Gasteiger partial charge in [0, 0.05) is 11.8 Å². The molecule has 9 heteroatoms. The van der Waals surface area contributed by atoms with Crippen LogP contribution in [0.4, 0.5) is 10.5 Å². The lowest BCUT2D eigenvalue weighted by Gasteiger charge is -2.12. The zero-order valence-electron chi connectivity index (χ0n) is 16.6. The van der Waals surface area contributed by atoms with E-state index in [2.05, 4.69) is 10.6 Å². The van der Waals surface area contributed by atoms with Crippen molar-refractivity contribution in [2.75, 3.05) is 26.1 Å².